The summed E-state index contributed by atoms with van der Waals surface area (Å²) in [4.78, 5) is 34.6. The number of piperazine rings is 1. The molecule has 214 valence electrons. The van der Waals surface area contributed by atoms with Gasteiger partial charge in [-0.2, -0.15) is 0 Å². The highest BCUT2D eigenvalue weighted by molar-refractivity contribution is 7.80. The van der Waals surface area contributed by atoms with Gasteiger partial charge in [0.2, 0.25) is 5.91 Å². The molecule has 0 aliphatic carbocycles. The Labute approximate surface area is 243 Å². The monoisotopic (exact) mass is 563 g/mol. The molecule has 9 heteroatoms. The largest absolute Gasteiger partial charge is 0.494 e. The lowest BCUT2D eigenvalue weighted by Gasteiger charge is -2.35. The van der Waals surface area contributed by atoms with Gasteiger partial charge in [-0.15, -0.1) is 6.58 Å². The summed E-state index contributed by atoms with van der Waals surface area (Å²) in [5, 5.41) is 3.40. The van der Waals surface area contributed by atoms with Gasteiger partial charge in [-0.05, 0) is 61.4 Å². The Kier molecular flexibility index (Phi) is 11.1. The summed E-state index contributed by atoms with van der Waals surface area (Å²) in [6.45, 7) is 13.5. The Bertz CT molecular complexity index is 1140. The molecule has 2 fully saturated rings. The first-order valence-corrected chi connectivity index (χ1v) is 14.6. The summed E-state index contributed by atoms with van der Waals surface area (Å²) in [5.74, 6) is 0.404. The van der Waals surface area contributed by atoms with E-state index in [9.17, 15) is 9.59 Å². The highest BCUT2D eigenvalue weighted by Crippen LogP contribution is 2.23. The molecule has 4 rings (SSSR count). The molecular formula is C31H41N5O3S. The van der Waals surface area contributed by atoms with Crippen molar-refractivity contribution in [3.8, 4) is 5.75 Å². The third kappa shape index (κ3) is 8.13. The molecule has 0 unspecified atom stereocenters. The highest BCUT2D eigenvalue weighted by atomic mass is 32.1. The average molecular weight is 564 g/mol. The number of benzene rings is 2. The van der Waals surface area contributed by atoms with Crippen LogP contribution >= 0.6 is 12.2 Å². The number of hydrogen-bond acceptors (Lipinski definition) is 6. The van der Waals surface area contributed by atoms with E-state index in [2.05, 4.69) is 59.0 Å². The van der Waals surface area contributed by atoms with Crippen LogP contribution in [-0.2, 0) is 16.1 Å². The Balaban J connectivity index is 1.27. The van der Waals surface area contributed by atoms with Gasteiger partial charge in [-0.1, -0.05) is 43.3 Å². The van der Waals surface area contributed by atoms with Crippen LogP contribution < -0.4 is 10.1 Å². The topological polar surface area (TPSA) is 68.4 Å². The zero-order valence-corrected chi connectivity index (χ0v) is 24.3. The van der Waals surface area contributed by atoms with E-state index in [0.717, 1.165) is 57.9 Å². The first-order valence-electron chi connectivity index (χ1n) is 14.2. The molecule has 40 heavy (non-hydrogen) atoms. The van der Waals surface area contributed by atoms with E-state index < -0.39 is 6.04 Å². The zero-order valence-electron chi connectivity index (χ0n) is 23.5. The summed E-state index contributed by atoms with van der Waals surface area (Å²) >= 11 is 5.68. The van der Waals surface area contributed by atoms with Gasteiger partial charge in [0.1, 0.15) is 11.8 Å². The maximum atomic E-state index is 13.2. The Morgan fingerprint density at radius 2 is 1.75 bits per heavy atom. The van der Waals surface area contributed by atoms with Crippen molar-refractivity contribution in [3.63, 3.8) is 0 Å². The second-order valence-corrected chi connectivity index (χ2v) is 10.7. The van der Waals surface area contributed by atoms with E-state index >= 15 is 0 Å². The van der Waals surface area contributed by atoms with E-state index in [4.69, 9.17) is 17.0 Å². The molecule has 1 N–H and O–H groups in total. The van der Waals surface area contributed by atoms with Crippen LogP contribution in [0.15, 0.2) is 67.3 Å². The van der Waals surface area contributed by atoms with Crippen LogP contribution in [0.5, 0.6) is 5.75 Å². The fourth-order valence-electron chi connectivity index (χ4n) is 5.16. The number of hydrogen-bond donors (Lipinski definition) is 1. The van der Waals surface area contributed by atoms with Crippen LogP contribution in [0.3, 0.4) is 0 Å². The number of carbonyl (C=O) groups is 2. The quantitative estimate of drug-likeness (QED) is 0.275. The van der Waals surface area contributed by atoms with Gasteiger partial charge in [-0.3, -0.25) is 19.4 Å². The minimum atomic E-state index is -0.609. The molecule has 0 spiro atoms. The normalized spacial score (nSPS) is 18.3. The van der Waals surface area contributed by atoms with Crippen molar-refractivity contribution in [1.29, 1.82) is 0 Å². The number of anilines is 1. The molecule has 2 aromatic carbocycles. The molecule has 2 aliphatic heterocycles. The van der Waals surface area contributed by atoms with Gasteiger partial charge in [0.05, 0.1) is 13.0 Å². The predicted octanol–water partition coefficient (Wildman–Crippen LogP) is 4.00. The molecule has 0 aromatic heterocycles. The van der Waals surface area contributed by atoms with Crippen molar-refractivity contribution < 1.29 is 14.3 Å². The van der Waals surface area contributed by atoms with Crippen molar-refractivity contribution >= 4 is 34.8 Å². The number of nitrogens with zero attached hydrogens (tertiary/aromatic N) is 4. The summed E-state index contributed by atoms with van der Waals surface area (Å²) in [7, 11) is 0. The minimum absolute atomic E-state index is 0.0405. The lowest BCUT2D eigenvalue weighted by molar-refractivity contribution is -0.130. The lowest BCUT2D eigenvalue weighted by Crippen LogP contribution is -2.47. The number of ether oxygens (including phenoxy) is 1. The Morgan fingerprint density at radius 1 is 1.05 bits per heavy atom. The second kappa shape index (κ2) is 14.9. The molecule has 0 saturated carbocycles. The Hall–Kier alpha value is -3.27. The van der Waals surface area contributed by atoms with Gasteiger partial charge in [0, 0.05) is 51.5 Å². The summed E-state index contributed by atoms with van der Waals surface area (Å²) < 4.78 is 5.61. The standard InChI is InChI=1S/C31H41N5O3S/c1-3-15-36-30(38)28(23-29(37)32-26-11-13-27(14-12-26)39-22-4-2)35(31(36)40)17-8-16-33-18-20-34(21-19-33)24-25-9-6-5-7-10-25/h3,5-7,9-14,28H,1,4,8,15-24H2,2H3,(H,32,37)/t28-/m0/s1. The van der Waals surface area contributed by atoms with Crippen LogP contribution in [0.4, 0.5) is 5.69 Å². The predicted molar refractivity (Wildman–Crippen MR) is 163 cm³/mol. The van der Waals surface area contributed by atoms with Crippen molar-refractivity contribution in [2.75, 3.05) is 57.7 Å². The van der Waals surface area contributed by atoms with Crippen molar-refractivity contribution in [3.05, 3.63) is 72.8 Å². The van der Waals surface area contributed by atoms with Gasteiger partial charge in [-0.25, -0.2) is 0 Å². The molecule has 2 amide bonds. The molecular weight excluding hydrogens is 522 g/mol. The van der Waals surface area contributed by atoms with Crippen LogP contribution in [0, 0.1) is 0 Å². The first kappa shape index (κ1) is 29.7. The molecule has 1 atom stereocenters. The SMILES string of the molecule is C=CCN1C(=O)[C@H](CC(=O)Nc2ccc(OCCC)cc2)N(CCCN2CCN(Cc3ccccc3)CC2)C1=S. The molecule has 0 bridgehead atoms. The van der Waals surface area contributed by atoms with Crippen LogP contribution in [0.2, 0.25) is 0 Å². The molecule has 2 heterocycles. The Morgan fingerprint density at radius 3 is 2.42 bits per heavy atom. The summed E-state index contributed by atoms with van der Waals surface area (Å²) in [6.07, 6.45) is 3.51. The van der Waals surface area contributed by atoms with Crippen molar-refractivity contribution in [2.24, 2.45) is 0 Å². The van der Waals surface area contributed by atoms with E-state index in [1.165, 1.54) is 5.56 Å². The third-order valence-corrected chi connectivity index (χ3v) is 7.75. The summed E-state index contributed by atoms with van der Waals surface area (Å²) in [6, 6.07) is 17.3. The van der Waals surface area contributed by atoms with Gasteiger partial charge in [0.25, 0.3) is 5.91 Å². The molecule has 2 aliphatic rings. The third-order valence-electron chi connectivity index (χ3n) is 7.29. The van der Waals surface area contributed by atoms with E-state index in [1.54, 1.807) is 11.0 Å². The van der Waals surface area contributed by atoms with Gasteiger partial charge < -0.3 is 19.9 Å². The fourth-order valence-corrected chi connectivity index (χ4v) is 5.54. The van der Waals surface area contributed by atoms with Crippen LogP contribution in [0.1, 0.15) is 31.7 Å². The lowest BCUT2D eigenvalue weighted by atomic mass is 10.1. The van der Waals surface area contributed by atoms with Crippen molar-refractivity contribution in [1.82, 2.24) is 19.6 Å². The maximum Gasteiger partial charge on any atom is 0.252 e. The average Bonchev–Trinajstić information content (AvgIpc) is 3.18. The van der Waals surface area contributed by atoms with Crippen molar-refractivity contribution in [2.45, 2.75) is 38.8 Å². The number of carbonyl (C=O) groups excluding carboxylic acids is 2. The zero-order chi connectivity index (χ0) is 28.3. The number of nitrogens with one attached hydrogen (secondary N) is 1. The number of rotatable bonds is 14. The summed E-state index contributed by atoms with van der Waals surface area (Å²) in [5.41, 5.74) is 2.02. The second-order valence-electron chi connectivity index (χ2n) is 10.3. The van der Waals surface area contributed by atoms with Crippen LogP contribution in [-0.4, -0.2) is 95.0 Å². The van der Waals surface area contributed by atoms with E-state index in [-0.39, 0.29) is 18.2 Å². The molecule has 2 saturated heterocycles. The molecule has 8 nitrogen and oxygen atoms in total. The number of thiocarbonyl (C=S) groups is 1. The number of amides is 2. The molecule has 0 radical (unpaired) electrons. The molecule has 2 aromatic rings. The fraction of sp³-hybridized carbons (Fsp3) is 0.452. The van der Waals surface area contributed by atoms with Gasteiger partial charge in [0.15, 0.2) is 5.11 Å². The highest BCUT2D eigenvalue weighted by Gasteiger charge is 2.42. The smallest absolute Gasteiger partial charge is 0.252 e. The van der Waals surface area contributed by atoms with E-state index in [1.807, 2.05) is 29.2 Å². The minimum Gasteiger partial charge on any atom is -0.494 e. The van der Waals surface area contributed by atoms with Crippen LogP contribution in [0.25, 0.3) is 0 Å². The first-order chi connectivity index (χ1) is 19.5. The van der Waals surface area contributed by atoms with Gasteiger partial charge >= 0.3 is 0 Å². The maximum absolute atomic E-state index is 13.2. The van der Waals surface area contributed by atoms with E-state index in [0.29, 0.717) is 30.5 Å².